The van der Waals surface area contributed by atoms with Crippen molar-refractivity contribution in [2.24, 2.45) is 5.92 Å². The molecule has 0 saturated carbocycles. The quantitative estimate of drug-likeness (QED) is 0.0163. The van der Waals surface area contributed by atoms with Crippen molar-refractivity contribution in [3.8, 4) is 0 Å². The largest absolute Gasteiger partial charge is 0.472 e. The van der Waals surface area contributed by atoms with Crippen molar-refractivity contribution in [2.45, 2.75) is 142 Å². The fourth-order valence-corrected chi connectivity index (χ4v) is 5.43. The van der Waals surface area contributed by atoms with Crippen LogP contribution in [-0.2, 0) is 32.7 Å². The number of aliphatic hydroxyl groups is 3. The van der Waals surface area contributed by atoms with Crippen LogP contribution in [0.4, 0.5) is 0 Å². The molecule has 53 heavy (non-hydrogen) atoms. The number of carbonyl (C=O) groups is 2. The van der Waals surface area contributed by atoms with Gasteiger partial charge in [0.25, 0.3) is 0 Å². The standard InChI is InChI=1S/C41H69O11P/c1-4-5-22-28-37(43)29-24-19-15-11-9-7-6-8-10-12-16-21-26-31-41(46)52-39(35-51-53(47,48)50-33-38(44)32-42)34-49-40(45)30-25-20-17-13-14-18-23-27-36(2)3/h5,7-10,15-16,19,21-22,24,29,36-39,42-44H,4,6,11-14,17-18,20,23,25-28,30-35H2,1-3H3,(H,47,48)/b9-7-,10-8-,19-15+,21-16-,22-5-,29-24+/t37?,38-,39+/m0/s1. The van der Waals surface area contributed by atoms with E-state index in [1.807, 2.05) is 48.6 Å². The van der Waals surface area contributed by atoms with E-state index < -0.39 is 57.9 Å². The van der Waals surface area contributed by atoms with Crippen molar-refractivity contribution < 1.29 is 52.9 Å². The highest BCUT2D eigenvalue weighted by Gasteiger charge is 2.27. The molecule has 0 amide bonds. The SMILES string of the molecule is CC/C=C\CC(O)/C=C/C=C/C/C=C\C/C=C\C/C=C\CCC(=O)O[C@H](COC(=O)CCCCCCCCCC(C)C)COP(=O)(O)OC[C@@H](O)CO. The van der Waals surface area contributed by atoms with Crippen LogP contribution >= 0.6 is 7.82 Å². The molecule has 0 heterocycles. The number of hydrogen-bond donors (Lipinski definition) is 4. The molecule has 0 aromatic heterocycles. The Morgan fingerprint density at radius 3 is 1.94 bits per heavy atom. The van der Waals surface area contributed by atoms with Crippen LogP contribution in [0.25, 0.3) is 0 Å². The van der Waals surface area contributed by atoms with Crippen molar-refractivity contribution in [3.05, 3.63) is 72.9 Å². The summed E-state index contributed by atoms with van der Waals surface area (Å²) in [6, 6.07) is 0. The van der Waals surface area contributed by atoms with Gasteiger partial charge in [0.15, 0.2) is 6.10 Å². The van der Waals surface area contributed by atoms with Crippen molar-refractivity contribution >= 4 is 19.8 Å². The van der Waals surface area contributed by atoms with Gasteiger partial charge in [-0.05, 0) is 50.9 Å². The fourth-order valence-electron chi connectivity index (χ4n) is 4.64. The maximum Gasteiger partial charge on any atom is 0.472 e. The summed E-state index contributed by atoms with van der Waals surface area (Å²) in [5.41, 5.74) is 0. The van der Waals surface area contributed by atoms with E-state index in [1.54, 1.807) is 6.08 Å². The maximum absolute atomic E-state index is 12.5. The van der Waals surface area contributed by atoms with Gasteiger partial charge >= 0.3 is 19.8 Å². The molecule has 0 aromatic rings. The van der Waals surface area contributed by atoms with Crippen LogP contribution in [0.2, 0.25) is 0 Å². The van der Waals surface area contributed by atoms with Gasteiger partial charge in [-0.1, -0.05) is 139 Å². The molecule has 4 N–H and O–H groups in total. The Balaban J connectivity index is 4.54. The zero-order chi connectivity index (χ0) is 39.4. The topological polar surface area (TPSA) is 169 Å². The summed E-state index contributed by atoms with van der Waals surface area (Å²) in [6.07, 6.45) is 33.9. The lowest BCUT2D eigenvalue weighted by Crippen LogP contribution is -2.29. The predicted octanol–water partition coefficient (Wildman–Crippen LogP) is 8.54. The van der Waals surface area contributed by atoms with Gasteiger partial charge in [0.2, 0.25) is 0 Å². The first-order valence-electron chi connectivity index (χ1n) is 19.4. The third-order valence-electron chi connectivity index (χ3n) is 7.65. The van der Waals surface area contributed by atoms with E-state index in [2.05, 4.69) is 43.5 Å². The molecule has 0 spiro atoms. The minimum atomic E-state index is -4.64. The Kier molecular flexibility index (Phi) is 33.4. The molecule has 0 rings (SSSR count). The molecule has 0 bridgehead atoms. The number of phosphoric ester groups is 1. The second-order valence-corrected chi connectivity index (χ2v) is 14.7. The van der Waals surface area contributed by atoms with Crippen molar-refractivity contribution in [1.82, 2.24) is 0 Å². The number of carbonyl (C=O) groups excluding carboxylic acids is 2. The van der Waals surface area contributed by atoms with Gasteiger partial charge in [-0.2, -0.15) is 0 Å². The van der Waals surface area contributed by atoms with Crippen LogP contribution < -0.4 is 0 Å². The van der Waals surface area contributed by atoms with E-state index >= 15 is 0 Å². The second kappa shape index (κ2) is 35.1. The highest BCUT2D eigenvalue weighted by atomic mass is 31.2. The van der Waals surface area contributed by atoms with E-state index in [9.17, 15) is 29.3 Å². The summed E-state index contributed by atoms with van der Waals surface area (Å²) < 4.78 is 32.4. The van der Waals surface area contributed by atoms with Gasteiger partial charge in [0.05, 0.1) is 25.9 Å². The van der Waals surface area contributed by atoms with Crippen molar-refractivity contribution in [3.63, 3.8) is 0 Å². The molecule has 0 aromatic carbocycles. The molecule has 0 radical (unpaired) electrons. The van der Waals surface area contributed by atoms with Gasteiger partial charge < -0.3 is 29.7 Å². The zero-order valence-electron chi connectivity index (χ0n) is 32.5. The number of rotatable bonds is 34. The molecular formula is C41H69O11P. The Bertz CT molecular complexity index is 1140. The molecule has 11 nitrogen and oxygen atoms in total. The highest BCUT2D eigenvalue weighted by Crippen LogP contribution is 2.43. The summed E-state index contributed by atoms with van der Waals surface area (Å²) in [7, 11) is -4.64. The lowest BCUT2D eigenvalue weighted by atomic mass is 10.0. The number of unbranched alkanes of at least 4 members (excludes halogenated alkanes) is 6. The molecule has 0 aliphatic rings. The number of aliphatic hydroxyl groups excluding tert-OH is 3. The van der Waals surface area contributed by atoms with Gasteiger partial charge in [-0.3, -0.25) is 18.6 Å². The third-order valence-corrected chi connectivity index (χ3v) is 8.60. The number of esters is 2. The predicted molar refractivity (Wildman–Crippen MR) is 211 cm³/mol. The van der Waals surface area contributed by atoms with E-state index in [-0.39, 0.29) is 19.4 Å². The van der Waals surface area contributed by atoms with Gasteiger partial charge in [0, 0.05) is 12.8 Å². The zero-order valence-corrected chi connectivity index (χ0v) is 33.4. The first-order chi connectivity index (χ1) is 25.5. The minimum Gasteiger partial charge on any atom is -0.462 e. The van der Waals surface area contributed by atoms with Crippen molar-refractivity contribution in [2.75, 3.05) is 26.4 Å². The first-order valence-corrected chi connectivity index (χ1v) is 20.9. The first kappa shape index (κ1) is 50.4. The minimum absolute atomic E-state index is 0.0401. The molecule has 12 heteroatoms. The molecule has 0 aliphatic heterocycles. The highest BCUT2D eigenvalue weighted by molar-refractivity contribution is 7.47. The number of allylic oxidation sites excluding steroid dienone is 10. The molecule has 0 saturated heterocycles. The van der Waals surface area contributed by atoms with Crippen LogP contribution in [0.1, 0.15) is 124 Å². The monoisotopic (exact) mass is 768 g/mol. The average Bonchev–Trinajstić information content (AvgIpc) is 3.12. The lowest BCUT2D eigenvalue weighted by molar-refractivity contribution is -0.161. The smallest absolute Gasteiger partial charge is 0.462 e. The van der Waals surface area contributed by atoms with Crippen LogP contribution in [0.15, 0.2) is 72.9 Å². The third kappa shape index (κ3) is 36.1. The van der Waals surface area contributed by atoms with Crippen LogP contribution in [0, 0.1) is 5.92 Å². The Labute approximate surface area is 319 Å². The number of phosphoric acid groups is 1. The second-order valence-electron chi connectivity index (χ2n) is 13.3. The van der Waals surface area contributed by atoms with Crippen LogP contribution in [0.5, 0.6) is 0 Å². The summed E-state index contributed by atoms with van der Waals surface area (Å²) in [6.45, 7) is 4.28. The number of ether oxygens (including phenoxy) is 2. The molecular weight excluding hydrogens is 699 g/mol. The number of hydrogen-bond acceptors (Lipinski definition) is 10. The average molecular weight is 769 g/mol. The van der Waals surface area contributed by atoms with Crippen LogP contribution in [-0.4, -0.2) is 76.9 Å². The van der Waals surface area contributed by atoms with E-state index in [1.165, 1.54) is 25.7 Å². The molecule has 304 valence electrons. The molecule has 2 unspecified atom stereocenters. The van der Waals surface area contributed by atoms with Crippen molar-refractivity contribution in [1.29, 1.82) is 0 Å². The van der Waals surface area contributed by atoms with E-state index in [0.29, 0.717) is 25.7 Å². The van der Waals surface area contributed by atoms with Gasteiger partial charge in [0.1, 0.15) is 12.7 Å². The Morgan fingerprint density at radius 1 is 0.698 bits per heavy atom. The summed E-state index contributed by atoms with van der Waals surface area (Å²) in [5, 5.41) is 28.1. The summed E-state index contributed by atoms with van der Waals surface area (Å²) in [4.78, 5) is 34.8. The summed E-state index contributed by atoms with van der Waals surface area (Å²) >= 11 is 0. The van der Waals surface area contributed by atoms with Gasteiger partial charge in [-0.15, -0.1) is 0 Å². The molecule has 0 fully saturated rings. The molecule has 4 atom stereocenters. The van der Waals surface area contributed by atoms with Gasteiger partial charge in [-0.25, -0.2) is 4.57 Å². The Morgan fingerprint density at radius 2 is 1.30 bits per heavy atom. The Hall–Kier alpha value is -2.63. The lowest BCUT2D eigenvalue weighted by Gasteiger charge is -2.20. The maximum atomic E-state index is 12.5. The molecule has 0 aliphatic carbocycles. The van der Waals surface area contributed by atoms with Crippen LogP contribution in [0.3, 0.4) is 0 Å². The fraction of sp³-hybridized carbons (Fsp3) is 0.659. The van der Waals surface area contributed by atoms with E-state index in [0.717, 1.165) is 44.4 Å². The normalized spacial score (nSPS) is 15.5. The van der Waals surface area contributed by atoms with E-state index in [4.69, 9.17) is 19.1 Å². The summed E-state index contributed by atoms with van der Waals surface area (Å²) in [5.74, 6) is -0.323.